The van der Waals surface area contributed by atoms with E-state index in [-0.39, 0.29) is 12.5 Å². The molecule has 0 spiro atoms. The molecule has 0 saturated carbocycles. The van der Waals surface area contributed by atoms with E-state index in [1.807, 2.05) is 22.9 Å². The number of nitrogens with zero attached hydrogens (tertiary/aromatic N) is 4. The van der Waals surface area contributed by atoms with E-state index in [0.717, 1.165) is 12.1 Å². The van der Waals surface area contributed by atoms with Crippen molar-refractivity contribution in [1.82, 2.24) is 25.0 Å². The van der Waals surface area contributed by atoms with Crippen LogP contribution in [0.2, 0.25) is 0 Å². The summed E-state index contributed by atoms with van der Waals surface area (Å²) in [6.07, 6.45) is 6.02. The molecule has 0 aliphatic rings. The molecule has 7 nitrogen and oxygen atoms in total. The molecule has 2 aromatic heterocycles. The van der Waals surface area contributed by atoms with Crippen molar-refractivity contribution >= 4 is 5.91 Å². The second kappa shape index (κ2) is 7.08. The lowest BCUT2D eigenvalue weighted by Crippen LogP contribution is -2.23. The van der Waals surface area contributed by atoms with Crippen LogP contribution in [0.4, 0.5) is 0 Å². The third-order valence-electron chi connectivity index (χ3n) is 3.43. The number of nitrogens with one attached hydrogen (secondary N) is 1. The van der Waals surface area contributed by atoms with Crippen LogP contribution in [0.25, 0.3) is 5.69 Å². The molecule has 0 saturated heterocycles. The summed E-state index contributed by atoms with van der Waals surface area (Å²) < 4.78 is 7.01. The molecular formula is C17H19N5O2. The predicted octanol–water partition coefficient (Wildman–Crippen LogP) is 2.38. The minimum atomic E-state index is -0.184. The number of hydrogen-bond acceptors (Lipinski definition) is 5. The van der Waals surface area contributed by atoms with E-state index in [1.165, 1.54) is 0 Å². The number of imidazole rings is 1. The monoisotopic (exact) mass is 325 g/mol. The fourth-order valence-corrected chi connectivity index (χ4v) is 2.26. The molecule has 124 valence electrons. The van der Waals surface area contributed by atoms with Gasteiger partial charge in [0.05, 0.1) is 12.9 Å². The van der Waals surface area contributed by atoms with Crippen molar-refractivity contribution in [3.05, 3.63) is 60.3 Å². The zero-order chi connectivity index (χ0) is 16.9. The maximum Gasteiger partial charge on any atom is 0.251 e. The molecule has 1 N–H and O–H groups in total. The number of hydrogen-bond donors (Lipinski definition) is 1. The third kappa shape index (κ3) is 3.87. The lowest BCUT2D eigenvalue weighted by molar-refractivity contribution is 0.0946. The fourth-order valence-electron chi connectivity index (χ4n) is 2.26. The SMILES string of the molecule is CC(C)Cc1noc(CNC(=O)c2ccc(-n3ccnc3)cc2)n1. The van der Waals surface area contributed by atoms with Gasteiger partial charge in [0.1, 0.15) is 0 Å². The zero-order valence-corrected chi connectivity index (χ0v) is 13.6. The maximum atomic E-state index is 12.2. The van der Waals surface area contributed by atoms with Gasteiger partial charge in [0, 0.05) is 30.1 Å². The second-order valence-electron chi connectivity index (χ2n) is 5.90. The quantitative estimate of drug-likeness (QED) is 0.752. The summed E-state index contributed by atoms with van der Waals surface area (Å²) in [6.45, 7) is 4.39. The summed E-state index contributed by atoms with van der Waals surface area (Å²) >= 11 is 0. The lowest BCUT2D eigenvalue weighted by atomic mass is 10.1. The van der Waals surface area contributed by atoms with Gasteiger partial charge in [-0.2, -0.15) is 4.98 Å². The molecule has 3 aromatic rings. The van der Waals surface area contributed by atoms with E-state index in [9.17, 15) is 4.79 Å². The Morgan fingerprint density at radius 3 is 2.75 bits per heavy atom. The Balaban J connectivity index is 1.58. The number of carbonyl (C=O) groups is 1. The first kappa shape index (κ1) is 15.9. The van der Waals surface area contributed by atoms with Crippen LogP contribution in [0.1, 0.15) is 35.9 Å². The number of rotatable bonds is 6. The molecule has 0 atom stereocenters. The molecule has 3 rings (SSSR count). The first-order valence-corrected chi connectivity index (χ1v) is 7.80. The Morgan fingerprint density at radius 1 is 1.29 bits per heavy atom. The molecular weight excluding hydrogens is 306 g/mol. The van der Waals surface area contributed by atoms with Gasteiger partial charge in [-0.3, -0.25) is 4.79 Å². The molecule has 0 bridgehead atoms. The van der Waals surface area contributed by atoms with Gasteiger partial charge < -0.3 is 14.4 Å². The Kier molecular flexibility index (Phi) is 4.69. The highest BCUT2D eigenvalue weighted by atomic mass is 16.5. The highest BCUT2D eigenvalue weighted by molar-refractivity contribution is 5.94. The minimum absolute atomic E-state index is 0.184. The van der Waals surface area contributed by atoms with E-state index in [4.69, 9.17) is 4.52 Å². The van der Waals surface area contributed by atoms with E-state index in [0.29, 0.717) is 23.2 Å². The van der Waals surface area contributed by atoms with Crippen molar-refractivity contribution < 1.29 is 9.32 Å². The summed E-state index contributed by atoms with van der Waals surface area (Å²) in [4.78, 5) is 20.4. The molecule has 0 unspecified atom stereocenters. The average molecular weight is 325 g/mol. The van der Waals surface area contributed by atoms with Crippen molar-refractivity contribution in [2.24, 2.45) is 5.92 Å². The average Bonchev–Trinajstić information content (AvgIpc) is 3.24. The minimum Gasteiger partial charge on any atom is -0.343 e. The van der Waals surface area contributed by atoms with E-state index in [1.54, 1.807) is 24.7 Å². The van der Waals surface area contributed by atoms with Gasteiger partial charge in [-0.05, 0) is 30.2 Å². The molecule has 2 heterocycles. The molecule has 24 heavy (non-hydrogen) atoms. The Morgan fingerprint density at radius 2 is 2.08 bits per heavy atom. The van der Waals surface area contributed by atoms with Gasteiger partial charge in [0.15, 0.2) is 5.82 Å². The summed E-state index contributed by atoms with van der Waals surface area (Å²) in [5, 5.41) is 6.68. The molecule has 1 aromatic carbocycles. The largest absolute Gasteiger partial charge is 0.343 e. The van der Waals surface area contributed by atoms with Gasteiger partial charge in [0.2, 0.25) is 5.89 Å². The first-order valence-electron chi connectivity index (χ1n) is 7.80. The molecule has 7 heteroatoms. The van der Waals surface area contributed by atoms with Crippen molar-refractivity contribution in [3.8, 4) is 5.69 Å². The second-order valence-corrected chi connectivity index (χ2v) is 5.90. The predicted molar refractivity (Wildman–Crippen MR) is 87.6 cm³/mol. The van der Waals surface area contributed by atoms with Gasteiger partial charge in [0.25, 0.3) is 5.91 Å². The van der Waals surface area contributed by atoms with Crippen LogP contribution >= 0.6 is 0 Å². The third-order valence-corrected chi connectivity index (χ3v) is 3.43. The molecule has 0 radical (unpaired) electrons. The van der Waals surface area contributed by atoms with E-state index < -0.39 is 0 Å². The molecule has 0 fully saturated rings. The van der Waals surface area contributed by atoms with Gasteiger partial charge >= 0.3 is 0 Å². The molecule has 1 amide bonds. The maximum absolute atomic E-state index is 12.2. The van der Waals surface area contributed by atoms with Crippen LogP contribution in [-0.4, -0.2) is 25.6 Å². The highest BCUT2D eigenvalue weighted by Crippen LogP contribution is 2.10. The summed E-state index contributed by atoms with van der Waals surface area (Å²) in [6, 6.07) is 7.26. The van der Waals surface area contributed by atoms with Crippen LogP contribution in [-0.2, 0) is 13.0 Å². The Labute approximate surface area is 139 Å². The lowest BCUT2D eigenvalue weighted by Gasteiger charge is -2.05. The van der Waals surface area contributed by atoms with E-state index in [2.05, 4.69) is 34.3 Å². The van der Waals surface area contributed by atoms with Crippen molar-refractivity contribution in [2.45, 2.75) is 26.8 Å². The van der Waals surface area contributed by atoms with Gasteiger partial charge in [-0.25, -0.2) is 4.98 Å². The number of carbonyl (C=O) groups excluding carboxylic acids is 1. The topological polar surface area (TPSA) is 85.8 Å². The number of aromatic nitrogens is 4. The van der Waals surface area contributed by atoms with Crippen LogP contribution in [0.15, 0.2) is 47.5 Å². The zero-order valence-electron chi connectivity index (χ0n) is 13.6. The van der Waals surface area contributed by atoms with Gasteiger partial charge in [-0.1, -0.05) is 19.0 Å². The summed E-state index contributed by atoms with van der Waals surface area (Å²) in [5.74, 6) is 1.35. The summed E-state index contributed by atoms with van der Waals surface area (Å²) in [7, 11) is 0. The van der Waals surface area contributed by atoms with E-state index >= 15 is 0 Å². The Hall–Kier alpha value is -2.96. The van der Waals surface area contributed by atoms with Gasteiger partial charge in [-0.15, -0.1) is 0 Å². The smallest absolute Gasteiger partial charge is 0.251 e. The van der Waals surface area contributed by atoms with Crippen molar-refractivity contribution in [3.63, 3.8) is 0 Å². The number of benzene rings is 1. The normalized spacial score (nSPS) is 11.0. The Bertz CT molecular complexity index is 791. The molecule has 0 aliphatic carbocycles. The van der Waals surface area contributed by atoms with Crippen molar-refractivity contribution in [1.29, 1.82) is 0 Å². The number of amides is 1. The summed E-state index contributed by atoms with van der Waals surface area (Å²) in [5.41, 5.74) is 1.51. The van der Waals surface area contributed by atoms with Crippen LogP contribution in [0.3, 0.4) is 0 Å². The standard InChI is InChI=1S/C17H19N5O2/c1-12(2)9-15-20-16(24-21-15)10-19-17(23)13-3-5-14(6-4-13)22-8-7-18-11-22/h3-8,11-12H,9-10H2,1-2H3,(H,19,23). The molecule has 0 aliphatic heterocycles. The van der Waals surface area contributed by atoms with Crippen LogP contribution in [0.5, 0.6) is 0 Å². The highest BCUT2D eigenvalue weighted by Gasteiger charge is 2.10. The fraction of sp³-hybridized carbons (Fsp3) is 0.294. The van der Waals surface area contributed by atoms with Crippen LogP contribution in [0, 0.1) is 5.92 Å². The van der Waals surface area contributed by atoms with Crippen LogP contribution < -0.4 is 5.32 Å². The first-order chi connectivity index (χ1) is 11.6. The van der Waals surface area contributed by atoms with Crippen molar-refractivity contribution in [2.75, 3.05) is 0 Å².